The molecule has 1 aliphatic carbocycles. The first-order chi connectivity index (χ1) is 13.7. The molecule has 1 amide bonds. The molecule has 0 spiro atoms. The fourth-order valence-electron chi connectivity index (χ4n) is 4.93. The van der Waals surface area contributed by atoms with Crippen molar-refractivity contribution in [2.24, 2.45) is 5.92 Å². The van der Waals surface area contributed by atoms with Gasteiger partial charge in [0.1, 0.15) is 11.6 Å². The van der Waals surface area contributed by atoms with Gasteiger partial charge in [0.05, 0.1) is 11.0 Å². The summed E-state index contributed by atoms with van der Waals surface area (Å²) in [5.41, 5.74) is 1.63. The molecule has 1 N–H and O–H groups in total. The number of aromatic nitrogens is 2. The standard InChI is InChI=1S/C22H29FN4O/c23-17-3-5-19-20(13-17)25-22(24-19)16-7-10-26(11-8-16)18-4-6-21(28)27(12-9-18)14-15-1-2-15/h3,5,13,15-16,18H,1-2,4,6-12,14H2,(H,24,25). The third-order valence-corrected chi connectivity index (χ3v) is 6.85. The van der Waals surface area contributed by atoms with Crippen LogP contribution in [-0.2, 0) is 4.79 Å². The third-order valence-electron chi connectivity index (χ3n) is 6.85. The molecule has 28 heavy (non-hydrogen) atoms. The van der Waals surface area contributed by atoms with E-state index in [-0.39, 0.29) is 5.82 Å². The Labute approximate surface area is 165 Å². The lowest BCUT2D eigenvalue weighted by molar-refractivity contribution is -0.130. The highest BCUT2D eigenvalue weighted by molar-refractivity contribution is 5.76. The zero-order valence-corrected chi connectivity index (χ0v) is 16.4. The summed E-state index contributed by atoms with van der Waals surface area (Å²) >= 11 is 0. The van der Waals surface area contributed by atoms with Crippen LogP contribution in [-0.4, -0.2) is 57.9 Å². The molecule has 0 bridgehead atoms. The molecule has 3 fully saturated rings. The predicted molar refractivity (Wildman–Crippen MR) is 107 cm³/mol. The molecule has 1 aromatic carbocycles. The van der Waals surface area contributed by atoms with E-state index in [2.05, 4.69) is 14.8 Å². The topological polar surface area (TPSA) is 52.2 Å². The van der Waals surface area contributed by atoms with Crippen molar-refractivity contribution < 1.29 is 9.18 Å². The van der Waals surface area contributed by atoms with E-state index in [1.165, 1.54) is 25.0 Å². The van der Waals surface area contributed by atoms with Crippen molar-refractivity contribution in [2.75, 3.05) is 26.2 Å². The predicted octanol–water partition coefficient (Wildman–Crippen LogP) is 3.67. The first-order valence-corrected chi connectivity index (χ1v) is 10.8. The zero-order valence-electron chi connectivity index (χ0n) is 16.4. The van der Waals surface area contributed by atoms with Gasteiger partial charge in [-0.05, 0) is 75.7 Å². The monoisotopic (exact) mass is 384 g/mol. The lowest BCUT2D eigenvalue weighted by Crippen LogP contribution is -2.41. The summed E-state index contributed by atoms with van der Waals surface area (Å²) in [5, 5.41) is 0. The smallest absolute Gasteiger partial charge is 0.222 e. The summed E-state index contributed by atoms with van der Waals surface area (Å²) in [5.74, 6) is 2.31. The molecule has 2 saturated heterocycles. The third kappa shape index (κ3) is 3.79. The maximum atomic E-state index is 13.4. The molecular weight excluding hydrogens is 355 g/mol. The fraction of sp³-hybridized carbons (Fsp3) is 0.636. The van der Waals surface area contributed by atoms with E-state index >= 15 is 0 Å². The number of carbonyl (C=O) groups excluding carboxylic acids is 1. The molecule has 0 radical (unpaired) electrons. The Hall–Kier alpha value is -1.95. The summed E-state index contributed by atoms with van der Waals surface area (Å²) in [6.45, 7) is 4.02. The van der Waals surface area contributed by atoms with Crippen LogP contribution in [0.2, 0.25) is 0 Å². The molecule has 1 unspecified atom stereocenters. The largest absolute Gasteiger partial charge is 0.342 e. The molecule has 150 valence electrons. The van der Waals surface area contributed by atoms with Crippen molar-refractivity contribution in [3.8, 4) is 0 Å². The molecule has 1 saturated carbocycles. The van der Waals surface area contributed by atoms with Crippen LogP contribution in [0.15, 0.2) is 18.2 Å². The second kappa shape index (κ2) is 7.47. The van der Waals surface area contributed by atoms with Gasteiger partial charge in [0.15, 0.2) is 0 Å². The number of benzene rings is 1. The number of halogens is 1. The number of amides is 1. The number of fused-ring (bicyclic) bond motifs is 1. The van der Waals surface area contributed by atoms with Gasteiger partial charge in [-0.1, -0.05) is 0 Å². The molecule has 5 nitrogen and oxygen atoms in total. The second-order valence-electron chi connectivity index (χ2n) is 8.86. The summed E-state index contributed by atoms with van der Waals surface area (Å²) in [4.78, 5) is 25.1. The molecule has 3 aliphatic rings. The number of nitrogens with one attached hydrogen (secondary N) is 1. The van der Waals surface area contributed by atoms with Crippen LogP contribution in [0.1, 0.15) is 56.7 Å². The van der Waals surface area contributed by atoms with Gasteiger partial charge in [-0.3, -0.25) is 4.79 Å². The van der Waals surface area contributed by atoms with Gasteiger partial charge in [-0.2, -0.15) is 0 Å². The minimum atomic E-state index is -0.226. The van der Waals surface area contributed by atoms with Gasteiger partial charge < -0.3 is 14.8 Å². The Bertz CT molecular complexity index is 853. The van der Waals surface area contributed by atoms with Crippen LogP contribution < -0.4 is 0 Å². The molecule has 3 heterocycles. The van der Waals surface area contributed by atoms with Gasteiger partial charge in [0.2, 0.25) is 5.91 Å². The summed E-state index contributed by atoms with van der Waals surface area (Å²) < 4.78 is 13.4. The van der Waals surface area contributed by atoms with Crippen molar-refractivity contribution in [1.82, 2.24) is 19.8 Å². The van der Waals surface area contributed by atoms with Crippen LogP contribution in [0.4, 0.5) is 4.39 Å². The van der Waals surface area contributed by atoms with Crippen molar-refractivity contribution in [3.05, 3.63) is 29.8 Å². The van der Waals surface area contributed by atoms with Crippen LogP contribution >= 0.6 is 0 Å². The van der Waals surface area contributed by atoms with Gasteiger partial charge in [0, 0.05) is 31.5 Å². The van der Waals surface area contributed by atoms with Gasteiger partial charge in [0.25, 0.3) is 0 Å². The SMILES string of the molecule is O=C1CCC(N2CCC(c3nc4ccc(F)cc4[nH]3)CC2)CCN1CC1CC1. The summed E-state index contributed by atoms with van der Waals surface area (Å²) in [7, 11) is 0. The number of piperidine rings is 1. The van der Waals surface area contributed by atoms with Crippen LogP contribution in [0, 0.1) is 11.7 Å². The Kier molecular flexibility index (Phi) is 4.83. The quantitative estimate of drug-likeness (QED) is 0.875. The number of hydrogen-bond donors (Lipinski definition) is 1. The van der Waals surface area contributed by atoms with Crippen molar-refractivity contribution in [1.29, 1.82) is 0 Å². The number of hydrogen-bond acceptors (Lipinski definition) is 3. The van der Waals surface area contributed by atoms with Crippen molar-refractivity contribution in [2.45, 2.75) is 56.9 Å². The first-order valence-electron chi connectivity index (χ1n) is 10.8. The molecule has 2 aliphatic heterocycles. The maximum Gasteiger partial charge on any atom is 0.222 e. The van der Waals surface area contributed by atoms with E-state index in [0.717, 1.165) is 74.6 Å². The van der Waals surface area contributed by atoms with Crippen LogP contribution in [0.25, 0.3) is 11.0 Å². The molecule has 1 aromatic heterocycles. The highest BCUT2D eigenvalue weighted by atomic mass is 19.1. The van der Waals surface area contributed by atoms with E-state index in [9.17, 15) is 9.18 Å². The minimum absolute atomic E-state index is 0.226. The molecule has 1 atom stereocenters. The Morgan fingerprint density at radius 3 is 2.68 bits per heavy atom. The van der Waals surface area contributed by atoms with E-state index in [4.69, 9.17) is 4.98 Å². The van der Waals surface area contributed by atoms with Crippen molar-refractivity contribution in [3.63, 3.8) is 0 Å². The van der Waals surface area contributed by atoms with Gasteiger partial charge in [-0.25, -0.2) is 9.37 Å². The second-order valence-corrected chi connectivity index (χ2v) is 8.86. The first kappa shape index (κ1) is 18.1. The van der Waals surface area contributed by atoms with Crippen LogP contribution in [0.5, 0.6) is 0 Å². The molecule has 2 aromatic rings. The lowest BCUT2D eigenvalue weighted by Gasteiger charge is -2.36. The molecule has 6 heteroatoms. The Morgan fingerprint density at radius 2 is 1.89 bits per heavy atom. The van der Waals surface area contributed by atoms with E-state index in [0.29, 0.717) is 24.3 Å². The number of aromatic amines is 1. The van der Waals surface area contributed by atoms with Crippen LogP contribution in [0.3, 0.4) is 0 Å². The van der Waals surface area contributed by atoms with E-state index in [1.807, 2.05) is 0 Å². The number of H-pyrrole nitrogens is 1. The maximum absolute atomic E-state index is 13.4. The number of carbonyl (C=O) groups is 1. The number of rotatable bonds is 4. The summed E-state index contributed by atoms with van der Waals surface area (Å²) in [6.07, 6.45) is 7.54. The minimum Gasteiger partial charge on any atom is -0.342 e. The highest BCUT2D eigenvalue weighted by Gasteiger charge is 2.32. The van der Waals surface area contributed by atoms with E-state index in [1.54, 1.807) is 6.07 Å². The molecule has 5 rings (SSSR count). The number of nitrogens with zero attached hydrogens (tertiary/aromatic N) is 3. The lowest BCUT2D eigenvalue weighted by atomic mass is 9.94. The fourth-order valence-corrected chi connectivity index (χ4v) is 4.93. The Morgan fingerprint density at radius 1 is 1.07 bits per heavy atom. The normalized spacial score (nSPS) is 25.4. The highest BCUT2D eigenvalue weighted by Crippen LogP contribution is 2.33. The van der Waals surface area contributed by atoms with Gasteiger partial charge >= 0.3 is 0 Å². The number of likely N-dealkylation sites (tertiary alicyclic amines) is 2. The zero-order chi connectivity index (χ0) is 19.1. The summed E-state index contributed by atoms with van der Waals surface area (Å²) in [6, 6.07) is 5.26. The molecular formula is C22H29FN4O. The average molecular weight is 384 g/mol. The van der Waals surface area contributed by atoms with E-state index < -0.39 is 0 Å². The average Bonchev–Trinajstić information content (AvgIpc) is 3.46. The Balaban J connectivity index is 1.18. The van der Waals surface area contributed by atoms with Gasteiger partial charge in [-0.15, -0.1) is 0 Å². The van der Waals surface area contributed by atoms with Crippen molar-refractivity contribution >= 4 is 16.9 Å². The number of imidazole rings is 1.